The van der Waals surface area contributed by atoms with Gasteiger partial charge in [0.25, 0.3) is 5.91 Å². The summed E-state index contributed by atoms with van der Waals surface area (Å²) >= 11 is 0. The first kappa shape index (κ1) is 21.3. The van der Waals surface area contributed by atoms with E-state index in [0.29, 0.717) is 5.69 Å². The largest absolute Gasteiger partial charge is 0.455 e. The van der Waals surface area contributed by atoms with E-state index in [1.54, 1.807) is 0 Å². The molecule has 4 heteroatoms. The van der Waals surface area contributed by atoms with Gasteiger partial charge in [-0.3, -0.25) is 9.59 Å². The molecular formula is C26H27NO3. The number of benzene rings is 3. The predicted molar refractivity (Wildman–Crippen MR) is 120 cm³/mol. The van der Waals surface area contributed by atoms with E-state index < -0.39 is 5.97 Å². The zero-order chi connectivity index (χ0) is 21.6. The fourth-order valence-electron chi connectivity index (χ4n) is 3.06. The number of ether oxygens (including phenoxy) is 1. The van der Waals surface area contributed by atoms with Crippen molar-refractivity contribution in [3.8, 4) is 11.1 Å². The zero-order valence-corrected chi connectivity index (χ0v) is 17.6. The molecule has 0 radical (unpaired) electrons. The van der Waals surface area contributed by atoms with E-state index >= 15 is 0 Å². The van der Waals surface area contributed by atoms with E-state index in [0.717, 1.165) is 16.7 Å². The molecule has 0 aromatic heterocycles. The van der Waals surface area contributed by atoms with Crippen molar-refractivity contribution in [2.75, 3.05) is 11.9 Å². The molecule has 0 atom stereocenters. The molecule has 0 spiro atoms. The molecule has 0 bridgehead atoms. The van der Waals surface area contributed by atoms with Gasteiger partial charge in [-0.2, -0.15) is 0 Å². The summed E-state index contributed by atoms with van der Waals surface area (Å²) in [7, 11) is 0. The van der Waals surface area contributed by atoms with Crippen LogP contribution in [0.2, 0.25) is 0 Å². The minimum absolute atomic E-state index is 0.0529. The first-order valence-corrected chi connectivity index (χ1v) is 10.0. The highest BCUT2D eigenvalue weighted by molar-refractivity contribution is 5.92. The third-order valence-electron chi connectivity index (χ3n) is 4.81. The van der Waals surface area contributed by atoms with Gasteiger partial charge in [0.05, 0.1) is 6.42 Å². The molecule has 3 rings (SSSR count). The Morgan fingerprint density at radius 2 is 1.40 bits per heavy atom. The van der Waals surface area contributed by atoms with Crippen molar-refractivity contribution in [1.29, 1.82) is 0 Å². The van der Waals surface area contributed by atoms with Crippen LogP contribution in [0.1, 0.15) is 31.9 Å². The van der Waals surface area contributed by atoms with Crippen molar-refractivity contribution in [3.05, 3.63) is 90.0 Å². The molecule has 0 unspecified atom stereocenters. The molecule has 30 heavy (non-hydrogen) atoms. The van der Waals surface area contributed by atoms with Crippen LogP contribution in [0.25, 0.3) is 11.1 Å². The normalized spacial score (nSPS) is 11.0. The summed E-state index contributed by atoms with van der Waals surface area (Å²) in [4.78, 5) is 24.1. The van der Waals surface area contributed by atoms with Crippen molar-refractivity contribution in [1.82, 2.24) is 0 Å². The molecule has 0 aliphatic carbocycles. The molecular weight excluding hydrogens is 374 g/mol. The first-order chi connectivity index (χ1) is 14.3. The van der Waals surface area contributed by atoms with E-state index in [2.05, 4.69) is 26.1 Å². The lowest BCUT2D eigenvalue weighted by atomic mass is 9.87. The second-order valence-corrected chi connectivity index (χ2v) is 8.28. The van der Waals surface area contributed by atoms with Crippen molar-refractivity contribution in [3.63, 3.8) is 0 Å². The summed E-state index contributed by atoms with van der Waals surface area (Å²) in [5, 5.41) is 2.75. The Labute approximate surface area is 177 Å². The van der Waals surface area contributed by atoms with Gasteiger partial charge < -0.3 is 10.1 Å². The van der Waals surface area contributed by atoms with Gasteiger partial charge in [0, 0.05) is 5.69 Å². The van der Waals surface area contributed by atoms with E-state index in [9.17, 15) is 9.59 Å². The van der Waals surface area contributed by atoms with Crippen molar-refractivity contribution < 1.29 is 14.3 Å². The molecule has 0 saturated carbocycles. The van der Waals surface area contributed by atoms with Crippen LogP contribution in [0.15, 0.2) is 78.9 Å². The SMILES string of the molecule is CC(C)(C)c1ccc(NC(=O)COC(=O)Cc2ccc(-c3ccccc3)cc2)cc1. The van der Waals surface area contributed by atoms with Crippen LogP contribution in [-0.4, -0.2) is 18.5 Å². The number of carbonyl (C=O) groups is 2. The predicted octanol–water partition coefficient (Wildman–Crippen LogP) is 5.38. The summed E-state index contributed by atoms with van der Waals surface area (Å²) in [5.74, 6) is -0.785. The lowest BCUT2D eigenvalue weighted by Gasteiger charge is -2.19. The number of amides is 1. The van der Waals surface area contributed by atoms with Crippen LogP contribution in [0.4, 0.5) is 5.69 Å². The highest BCUT2D eigenvalue weighted by Crippen LogP contribution is 2.23. The molecule has 0 heterocycles. The monoisotopic (exact) mass is 401 g/mol. The summed E-state index contributed by atoms with van der Waals surface area (Å²) in [6, 6.07) is 25.5. The van der Waals surface area contributed by atoms with E-state index in [1.165, 1.54) is 5.56 Å². The Kier molecular flexibility index (Phi) is 6.68. The van der Waals surface area contributed by atoms with Gasteiger partial charge in [0.1, 0.15) is 0 Å². The van der Waals surface area contributed by atoms with Crippen LogP contribution in [0, 0.1) is 0 Å². The number of nitrogens with one attached hydrogen (secondary N) is 1. The van der Waals surface area contributed by atoms with Gasteiger partial charge >= 0.3 is 5.97 Å². The third kappa shape index (κ3) is 6.05. The molecule has 0 saturated heterocycles. The van der Waals surface area contributed by atoms with Gasteiger partial charge in [-0.1, -0.05) is 87.5 Å². The Morgan fingerprint density at radius 1 is 0.800 bits per heavy atom. The molecule has 0 aliphatic heterocycles. The Morgan fingerprint density at radius 3 is 2.00 bits per heavy atom. The first-order valence-electron chi connectivity index (χ1n) is 10.0. The molecule has 1 N–H and O–H groups in total. The summed E-state index contributed by atoms with van der Waals surface area (Å²) in [6.07, 6.45) is 0.128. The molecule has 0 fully saturated rings. The zero-order valence-electron chi connectivity index (χ0n) is 17.6. The van der Waals surface area contributed by atoms with Gasteiger partial charge in [-0.25, -0.2) is 0 Å². The lowest BCUT2D eigenvalue weighted by Crippen LogP contribution is -2.21. The smallest absolute Gasteiger partial charge is 0.310 e. The summed E-state index contributed by atoms with van der Waals surface area (Å²) in [6.45, 7) is 6.10. The van der Waals surface area contributed by atoms with Crippen molar-refractivity contribution in [2.45, 2.75) is 32.6 Å². The third-order valence-corrected chi connectivity index (χ3v) is 4.81. The van der Waals surface area contributed by atoms with E-state index in [-0.39, 0.29) is 24.3 Å². The maximum absolute atomic E-state index is 12.1. The minimum Gasteiger partial charge on any atom is -0.455 e. The second kappa shape index (κ2) is 9.40. The summed E-state index contributed by atoms with van der Waals surface area (Å²) < 4.78 is 5.12. The van der Waals surface area contributed by atoms with Gasteiger partial charge in [-0.15, -0.1) is 0 Å². The van der Waals surface area contributed by atoms with Crippen molar-refractivity contribution >= 4 is 17.6 Å². The molecule has 1 amide bonds. The van der Waals surface area contributed by atoms with E-state index in [1.807, 2.05) is 78.9 Å². The molecule has 154 valence electrons. The van der Waals surface area contributed by atoms with Crippen LogP contribution < -0.4 is 5.32 Å². The highest BCUT2D eigenvalue weighted by Gasteiger charge is 2.14. The second-order valence-electron chi connectivity index (χ2n) is 8.28. The van der Waals surface area contributed by atoms with E-state index in [4.69, 9.17) is 4.74 Å². The maximum Gasteiger partial charge on any atom is 0.310 e. The van der Waals surface area contributed by atoms with Gasteiger partial charge in [0.2, 0.25) is 0 Å². The number of hydrogen-bond acceptors (Lipinski definition) is 3. The van der Waals surface area contributed by atoms with Crippen LogP contribution in [0.5, 0.6) is 0 Å². The quantitative estimate of drug-likeness (QED) is 0.565. The van der Waals surface area contributed by atoms with Crippen molar-refractivity contribution in [2.24, 2.45) is 0 Å². The fourth-order valence-corrected chi connectivity index (χ4v) is 3.06. The number of rotatable bonds is 6. The lowest BCUT2D eigenvalue weighted by molar-refractivity contribution is -0.146. The average Bonchev–Trinajstić information content (AvgIpc) is 2.73. The topological polar surface area (TPSA) is 55.4 Å². The highest BCUT2D eigenvalue weighted by atomic mass is 16.5. The van der Waals surface area contributed by atoms with Crippen LogP contribution >= 0.6 is 0 Å². The Balaban J connectivity index is 1.46. The standard InChI is InChI=1S/C26H27NO3/c1-26(2,3)22-13-15-23(16-14-22)27-24(28)18-30-25(29)17-19-9-11-21(12-10-19)20-7-5-4-6-8-20/h4-16H,17-18H2,1-3H3,(H,27,28). The maximum atomic E-state index is 12.1. The minimum atomic E-state index is -0.430. The number of carbonyl (C=O) groups excluding carboxylic acids is 2. The van der Waals surface area contributed by atoms with Crippen LogP contribution in [0.3, 0.4) is 0 Å². The number of esters is 1. The Bertz CT molecular complexity index is 985. The number of hydrogen-bond donors (Lipinski definition) is 1. The number of anilines is 1. The van der Waals surface area contributed by atoms with Gasteiger partial charge in [0.15, 0.2) is 6.61 Å². The van der Waals surface area contributed by atoms with Gasteiger partial charge in [-0.05, 0) is 39.8 Å². The molecule has 3 aromatic carbocycles. The molecule has 0 aliphatic rings. The average molecular weight is 402 g/mol. The Hall–Kier alpha value is -3.40. The summed E-state index contributed by atoms with van der Waals surface area (Å²) in [5.41, 5.74) is 4.98. The van der Waals surface area contributed by atoms with Crippen LogP contribution in [-0.2, 0) is 26.2 Å². The molecule has 3 aromatic rings. The molecule has 4 nitrogen and oxygen atoms in total. The fraction of sp³-hybridized carbons (Fsp3) is 0.231.